The van der Waals surface area contributed by atoms with E-state index in [1.165, 1.54) is 193 Å². The third-order valence-electron chi connectivity index (χ3n) is 12.8. The lowest BCUT2D eigenvalue weighted by Gasteiger charge is -2.22. The summed E-state index contributed by atoms with van der Waals surface area (Å²) in [6.45, 7) is 18.1. The molecule has 0 aromatic heterocycles. The average Bonchev–Trinajstić information content (AvgIpc) is 3.33. The van der Waals surface area contributed by atoms with Crippen LogP contribution < -0.4 is 0 Å². The van der Waals surface area contributed by atoms with Gasteiger partial charge in [0.05, 0.1) is 13.2 Å². The number of hydrogen-bond acceptors (Lipinski definition) is 7. The van der Waals surface area contributed by atoms with E-state index in [4.69, 9.17) is 33.2 Å². The van der Waals surface area contributed by atoms with Gasteiger partial charge in [-0.05, 0) is 63.5 Å². The fraction of sp³-hybridized carbons (Fsp3) is 0.933. The number of allylic oxidation sites excluding steroid dienone is 2. The fourth-order valence-corrected chi connectivity index (χ4v) is 8.27. The van der Waals surface area contributed by atoms with Crippen molar-refractivity contribution in [2.75, 3.05) is 39.6 Å². The zero-order valence-corrected chi connectivity index (χ0v) is 46.0. The van der Waals surface area contributed by atoms with E-state index in [-0.39, 0.29) is 12.6 Å². The molecule has 0 saturated carbocycles. The Balaban J connectivity index is 5.78. The average molecular weight is 952 g/mol. The molecule has 7 heteroatoms. The topological polar surface area (TPSA) is 64.6 Å². The van der Waals surface area contributed by atoms with Crippen LogP contribution in [-0.4, -0.2) is 64.8 Å². The third kappa shape index (κ3) is 51.4. The van der Waals surface area contributed by atoms with Crippen LogP contribution in [0.5, 0.6) is 0 Å². The van der Waals surface area contributed by atoms with Gasteiger partial charge in [-0.2, -0.15) is 0 Å². The van der Waals surface area contributed by atoms with Gasteiger partial charge in [0.15, 0.2) is 25.2 Å². The largest absolute Gasteiger partial charge is 0.353 e. The molecule has 0 N–H and O–H groups in total. The second kappa shape index (κ2) is 57.8. The Morgan fingerprint density at radius 2 is 0.463 bits per heavy atom. The fourth-order valence-electron chi connectivity index (χ4n) is 8.27. The van der Waals surface area contributed by atoms with Crippen LogP contribution in [0.4, 0.5) is 0 Å². The molecule has 0 radical (unpaired) electrons. The van der Waals surface area contributed by atoms with Gasteiger partial charge in [-0.15, -0.1) is 0 Å². The van der Waals surface area contributed by atoms with Crippen LogP contribution in [0.15, 0.2) is 24.3 Å². The molecule has 7 nitrogen and oxygen atoms in total. The first-order valence-electron chi connectivity index (χ1n) is 29.8. The summed E-state index contributed by atoms with van der Waals surface area (Å²) in [5, 5.41) is 0. The van der Waals surface area contributed by atoms with Gasteiger partial charge in [-0.1, -0.05) is 246 Å². The zero-order chi connectivity index (χ0) is 48.6. The van der Waals surface area contributed by atoms with E-state index in [1.807, 2.05) is 0 Å². The van der Waals surface area contributed by atoms with E-state index in [9.17, 15) is 0 Å². The lowest BCUT2D eigenvalue weighted by Crippen LogP contribution is -2.25. The zero-order valence-electron chi connectivity index (χ0n) is 46.0. The summed E-state index contributed by atoms with van der Waals surface area (Å²) in [5.41, 5.74) is 0. The first-order valence-corrected chi connectivity index (χ1v) is 29.8. The van der Waals surface area contributed by atoms with E-state index in [0.29, 0.717) is 13.2 Å². The molecule has 0 fully saturated rings. The van der Waals surface area contributed by atoms with E-state index in [0.717, 1.165) is 90.6 Å². The van der Waals surface area contributed by atoms with Gasteiger partial charge >= 0.3 is 0 Å². The van der Waals surface area contributed by atoms with Gasteiger partial charge in [0.1, 0.15) is 0 Å². The normalized spacial score (nSPS) is 13.1. The summed E-state index contributed by atoms with van der Waals surface area (Å²) >= 11 is 0. The molecule has 0 spiro atoms. The Morgan fingerprint density at radius 3 is 0.701 bits per heavy atom. The number of ether oxygens (including phenoxy) is 7. The summed E-state index contributed by atoms with van der Waals surface area (Å²) in [6, 6.07) is 0. The third-order valence-corrected chi connectivity index (χ3v) is 12.8. The molecule has 0 aromatic carbocycles. The lowest BCUT2D eigenvalue weighted by molar-refractivity contribution is -0.208. The summed E-state index contributed by atoms with van der Waals surface area (Å²) in [5.74, 6) is 0. The summed E-state index contributed by atoms with van der Waals surface area (Å²) < 4.78 is 45.1. The van der Waals surface area contributed by atoms with Gasteiger partial charge < -0.3 is 33.2 Å². The molecule has 0 bridgehead atoms. The minimum Gasteiger partial charge on any atom is -0.353 e. The second-order valence-electron chi connectivity index (χ2n) is 19.6. The van der Waals surface area contributed by atoms with Gasteiger partial charge in [0.25, 0.3) is 0 Å². The predicted octanol–water partition coefficient (Wildman–Crippen LogP) is 19.2. The maximum Gasteiger partial charge on any atom is 0.180 e. The Hall–Kier alpha value is -0.800. The van der Waals surface area contributed by atoms with Gasteiger partial charge in [0, 0.05) is 39.3 Å². The SMILES string of the molecule is CCCCCCCCOC(C=CCCC(OCCCCCCCC)OCCCCCCCC)OC(C=CCCC(OCCCCCCCC)OCCCCCCCC)OCCCCCCCC. The molecule has 2 atom stereocenters. The van der Waals surface area contributed by atoms with Gasteiger partial charge in [0.2, 0.25) is 0 Å². The maximum absolute atomic E-state index is 6.69. The van der Waals surface area contributed by atoms with Crippen LogP contribution in [0.3, 0.4) is 0 Å². The molecule has 0 aromatic rings. The standard InChI is InChI=1S/C60H118O7/c1-7-13-19-25-31-41-51-61-57(62-52-42-32-26-20-14-8-2)47-37-39-49-59(65-55-45-35-29-23-17-11-5)67-60(66-56-46-36-30-24-18-12-6)50-40-38-48-58(63-53-43-33-27-21-15-9-3)64-54-44-34-28-22-16-10-4/h39-40,49-50,57-60H,7-38,41-48,51-56H2,1-6H3. The van der Waals surface area contributed by atoms with E-state index >= 15 is 0 Å². The molecule has 2 unspecified atom stereocenters. The molecule has 0 saturated heterocycles. The van der Waals surface area contributed by atoms with Crippen LogP contribution >= 0.6 is 0 Å². The van der Waals surface area contributed by atoms with Crippen molar-refractivity contribution in [1.29, 1.82) is 0 Å². The van der Waals surface area contributed by atoms with E-state index < -0.39 is 12.6 Å². The molecular formula is C60H118O7. The second-order valence-corrected chi connectivity index (χ2v) is 19.6. The van der Waals surface area contributed by atoms with E-state index in [1.54, 1.807) is 0 Å². The van der Waals surface area contributed by atoms with Crippen molar-refractivity contribution in [2.24, 2.45) is 0 Å². The van der Waals surface area contributed by atoms with Crippen molar-refractivity contribution in [3.63, 3.8) is 0 Å². The highest BCUT2D eigenvalue weighted by molar-refractivity contribution is 4.90. The minimum absolute atomic E-state index is 0.177. The Bertz CT molecular complexity index is 849. The highest BCUT2D eigenvalue weighted by atomic mass is 16.8. The van der Waals surface area contributed by atoms with Crippen molar-refractivity contribution in [3.8, 4) is 0 Å². The van der Waals surface area contributed by atoms with Crippen LogP contribution in [0.25, 0.3) is 0 Å². The molecule has 0 amide bonds. The van der Waals surface area contributed by atoms with E-state index in [2.05, 4.69) is 65.8 Å². The van der Waals surface area contributed by atoms with Crippen LogP contribution in [0.2, 0.25) is 0 Å². The van der Waals surface area contributed by atoms with Crippen LogP contribution in [0.1, 0.15) is 298 Å². The summed E-state index contributed by atoms with van der Waals surface area (Å²) in [7, 11) is 0. The monoisotopic (exact) mass is 951 g/mol. The molecule has 0 aliphatic carbocycles. The van der Waals surface area contributed by atoms with Crippen LogP contribution in [-0.2, 0) is 33.2 Å². The molecule has 0 rings (SSSR count). The Labute approximate surface area is 419 Å². The Morgan fingerprint density at radius 1 is 0.254 bits per heavy atom. The number of unbranched alkanes of at least 4 members (excludes halogenated alkanes) is 30. The van der Waals surface area contributed by atoms with Crippen molar-refractivity contribution < 1.29 is 33.2 Å². The van der Waals surface area contributed by atoms with Crippen LogP contribution in [0, 0.1) is 0 Å². The minimum atomic E-state index is -0.490. The quantitative estimate of drug-likeness (QED) is 0.0342. The summed E-state index contributed by atoms with van der Waals surface area (Å²) in [4.78, 5) is 0. The highest BCUT2D eigenvalue weighted by Crippen LogP contribution is 2.17. The first kappa shape index (κ1) is 66.2. The molecule has 400 valence electrons. The van der Waals surface area contributed by atoms with Crippen molar-refractivity contribution in [1.82, 2.24) is 0 Å². The molecule has 0 aliphatic rings. The summed E-state index contributed by atoms with van der Waals surface area (Å²) in [6.07, 6.45) is 55.6. The predicted molar refractivity (Wildman–Crippen MR) is 289 cm³/mol. The van der Waals surface area contributed by atoms with Gasteiger partial charge in [-0.25, -0.2) is 0 Å². The molecular weight excluding hydrogens is 833 g/mol. The first-order chi connectivity index (χ1) is 33.1. The Kier molecular flexibility index (Phi) is 57.1. The van der Waals surface area contributed by atoms with Crippen molar-refractivity contribution >= 4 is 0 Å². The number of hydrogen-bond donors (Lipinski definition) is 0. The lowest BCUT2D eigenvalue weighted by atomic mass is 10.1. The molecule has 67 heavy (non-hydrogen) atoms. The molecule has 0 heterocycles. The van der Waals surface area contributed by atoms with Crippen molar-refractivity contribution in [2.45, 2.75) is 324 Å². The molecule has 0 aliphatic heterocycles. The maximum atomic E-state index is 6.69. The van der Waals surface area contributed by atoms with Gasteiger partial charge in [-0.3, -0.25) is 0 Å². The smallest absolute Gasteiger partial charge is 0.180 e. The highest BCUT2D eigenvalue weighted by Gasteiger charge is 2.16. The number of rotatable bonds is 58. The van der Waals surface area contributed by atoms with Crippen molar-refractivity contribution in [3.05, 3.63) is 24.3 Å².